The number of fused-ring (bicyclic) bond motifs is 1. The summed E-state index contributed by atoms with van der Waals surface area (Å²) >= 11 is 0. The van der Waals surface area contributed by atoms with Crippen molar-refractivity contribution in [3.63, 3.8) is 0 Å². The number of nitrogens with zero attached hydrogens (tertiary/aromatic N) is 2. The van der Waals surface area contributed by atoms with Crippen molar-refractivity contribution in [1.29, 1.82) is 0 Å². The van der Waals surface area contributed by atoms with E-state index in [1.807, 2.05) is 6.07 Å². The lowest BCUT2D eigenvalue weighted by Gasteiger charge is -2.11. The highest BCUT2D eigenvalue weighted by Crippen LogP contribution is 2.12. The summed E-state index contributed by atoms with van der Waals surface area (Å²) < 4.78 is 1.39. The molecule has 0 atom stereocenters. The van der Waals surface area contributed by atoms with E-state index >= 15 is 0 Å². The molecule has 3 aromatic rings. The first kappa shape index (κ1) is 16.4. The maximum atomic E-state index is 12.4. The fraction of sp³-hybridized carbons (Fsp3) is 0.111. The number of carbonyl (C=O) groups is 2. The van der Waals surface area contributed by atoms with E-state index in [0.29, 0.717) is 28.0 Å². The quantitative estimate of drug-likeness (QED) is 0.751. The Morgan fingerprint density at radius 2 is 1.80 bits per heavy atom. The van der Waals surface area contributed by atoms with Crippen molar-refractivity contribution in [1.82, 2.24) is 9.55 Å². The standard InChI is InChI=1S/C18H16N4O3/c1-11-18(25)22(15-5-3-2-4-14(15)20-11)10-16(23)21-13-8-6-12(7-9-13)17(19)24/h2-9H,10H2,1H3,(H2,19,24)(H,21,23). The predicted octanol–water partition coefficient (Wildman–Crippen LogP) is 1.44. The van der Waals surface area contributed by atoms with Gasteiger partial charge in [-0.2, -0.15) is 0 Å². The second-order valence-corrected chi connectivity index (χ2v) is 5.57. The van der Waals surface area contributed by atoms with Crippen LogP contribution in [0.1, 0.15) is 16.1 Å². The van der Waals surface area contributed by atoms with Gasteiger partial charge in [-0.3, -0.25) is 19.0 Å². The van der Waals surface area contributed by atoms with Crippen LogP contribution in [0.5, 0.6) is 0 Å². The molecule has 0 spiro atoms. The lowest BCUT2D eigenvalue weighted by Crippen LogP contribution is -2.30. The number of nitrogens with two attached hydrogens (primary N) is 1. The monoisotopic (exact) mass is 336 g/mol. The van der Waals surface area contributed by atoms with Crippen LogP contribution in [0.3, 0.4) is 0 Å². The average molecular weight is 336 g/mol. The molecule has 0 aliphatic heterocycles. The molecule has 0 bridgehead atoms. The van der Waals surface area contributed by atoms with Crippen LogP contribution in [0, 0.1) is 6.92 Å². The number of primary amides is 1. The molecule has 3 rings (SSSR count). The van der Waals surface area contributed by atoms with Gasteiger partial charge in [0.25, 0.3) is 5.56 Å². The maximum Gasteiger partial charge on any atom is 0.272 e. The molecule has 0 radical (unpaired) electrons. The SMILES string of the molecule is Cc1nc2ccccc2n(CC(=O)Nc2ccc(C(N)=O)cc2)c1=O. The molecule has 25 heavy (non-hydrogen) atoms. The molecular formula is C18H16N4O3. The molecule has 1 aromatic heterocycles. The summed E-state index contributed by atoms with van der Waals surface area (Å²) in [5.74, 6) is -0.896. The molecule has 0 saturated heterocycles. The van der Waals surface area contributed by atoms with Crippen LogP contribution in [0.25, 0.3) is 11.0 Å². The lowest BCUT2D eigenvalue weighted by molar-refractivity contribution is -0.116. The molecule has 0 fully saturated rings. The van der Waals surface area contributed by atoms with Crippen molar-refractivity contribution in [2.75, 3.05) is 5.32 Å². The highest BCUT2D eigenvalue weighted by atomic mass is 16.2. The Bertz CT molecular complexity index is 1020. The summed E-state index contributed by atoms with van der Waals surface area (Å²) in [6.45, 7) is 1.48. The number of rotatable bonds is 4. The molecule has 1 heterocycles. The van der Waals surface area contributed by atoms with Crippen molar-refractivity contribution < 1.29 is 9.59 Å². The van der Waals surface area contributed by atoms with E-state index in [0.717, 1.165) is 0 Å². The fourth-order valence-electron chi connectivity index (χ4n) is 2.54. The van der Waals surface area contributed by atoms with Gasteiger partial charge in [0.1, 0.15) is 12.2 Å². The van der Waals surface area contributed by atoms with Crippen molar-refractivity contribution >= 4 is 28.5 Å². The van der Waals surface area contributed by atoms with Crippen LogP contribution >= 0.6 is 0 Å². The third kappa shape index (κ3) is 3.40. The van der Waals surface area contributed by atoms with Crippen molar-refractivity contribution in [2.24, 2.45) is 5.73 Å². The third-order valence-electron chi connectivity index (χ3n) is 3.77. The highest BCUT2D eigenvalue weighted by Gasteiger charge is 2.12. The van der Waals surface area contributed by atoms with E-state index in [4.69, 9.17) is 5.73 Å². The molecule has 0 aliphatic carbocycles. The van der Waals surface area contributed by atoms with Gasteiger partial charge >= 0.3 is 0 Å². The summed E-state index contributed by atoms with van der Waals surface area (Å²) in [6.07, 6.45) is 0. The van der Waals surface area contributed by atoms with Gasteiger partial charge < -0.3 is 11.1 Å². The molecule has 7 nitrogen and oxygen atoms in total. The normalized spacial score (nSPS) is 10.6. The van der Waals surface area contributed by atoms with Gasteiger partial charge in [0.2, 0.25) is 11.8 Å². The summed E-state index contributed by atoms with van der Waals surface area (Å²) in [5, 5.41) is 2.70. The molecule has 126 valence electrons. The number of nitrogens with one attached hydrogen (secondary N) is 1. The van der Waals surface area contributed by atoms with Crippen LogP contribution in [-0.2, 0) is 11.3 Å². The Morgan fingerprint density at radius 1 is 1.12 bits per heavy atom. The van der Waals surface area contributed by atoms with Gasteiger partial charge in [0.05, 0.1) is 11.0 Å². The van der Waals surface area contributed by atoms with Crippen LogP contribution in [-0.4, -0.2) is 21.4 Å². The zero-order valence-electron chi connectivity index (χ0n) is 13.5. The first-order chi connectivity index (χ1) is 12.0. The van der Waals surface area contributed by atoms with Crippen molar-refractivity contribution in [3.8, 4) is 0 Å². The lowest BCUT2D eigenvalue weighted by atomic mass is 10.2. The number of hydrogen-bond donors (Lipinski definition) is 2. The number of para-hydroxylation sites is 2. The van der Waals surface area contributed by atoms with Crippen LogP contribution < -0.4 is 16.6 Å². The van der Waals surface area contributed by atoms with Gasteiger partial charge in [-0.1, -0.05) is 12.1 Å². The average Bonchev–Trinajstić information content (AvgIpc) is 2.59. The number of aromatic nitrogens is 2. The largest absolute Gasteiger partial charge is 0.366 e. The second kappa shape index (κ2) is 6.56. The summed E-state index contributed by atoms with van der Waals surface area (Å²) in [5.41, 5.74) is 7.31. The molecule has 0 aliphatic rings. The van der Waals surface area contributed by atoms with E-state index in [2.05, 4.69) is 10.3 Å². The zero-order chi connectivity index (χ0) is 18.0. The molecule has 7 heteroatoms. The Hall–Kier alpha value is -3.48. The first-order valence-electron chi connectivity index (χ1n) is 7.61. The number of anilines is 1. The minimum Gasteiger partial charge on any atom is -0.366 e. The smallest absolute Gasteiger partial charge is 0.272 e. The highest BCUT2D eigenvalue weighted by molar-refractivity contribution is 5.95. The Kier molecular flexibility index (Phi) is 4.30. The number of benzene rings is 2. The summed E-state index contributed by atoms with van der Waals surface area (Å²) in [6, 6.07) is 13.4. The number of aryl methyl sites for hydroxylation is 1. The maximum absolute atomic E-state index is 12.4. The van der Waals surface area contributed by atoms with Crippen molar-refractivity contribution in [2.45, 2.75) is 13.5 Å². The predicted molar refractivity (Wildman–Crippen MR) is 94.3 cm³/mol. The first-order valence-corrected chi connectivity index (χ1v) is 7.61. The van der Waals surface area contributed by atoms with Gasteiger partial charge in [0.15, 0.2) is 0 Å². The van der Waals surface area contributed by atoms with Crippen LogP contribution in [0.15, 0.2) is 53.3 Å². The Balaban J connectivity index is 1.86. The number of amides is 2. The molecular weight excluding hydrogens is 320 g/mol. The number of hydrogen-bond acceptors (Lipinski definition) is 4. The van der Waals surface area contributed by atoms with E-state index < -0.39 is 5.91 Å². The minimum absolute atomic E-state index is 0.139. The van der Waals surface area contributed by atoms with Crippen molar-refractivity contribution in [3.05, 3.63) is 70.1 Å². The molecule has 0 saturated carbocycles. The minimum atomic E-state index is -0.539. The van der Waals surface area contributed by atoms with E-state index in [9.17, 15) is 14.4 Å². The zero-order valence-corrected chi connectivity index (χ0v) is 13.5. The molecule has 0 unspecified atom stereocenters. The van der Waals surface area contributed by atoms with Gasteiger partial charge in [-0.05, 0) is 43.3 Å². The molecule has 3 N–H and O–H groups in total. The topological polar surface area (TPSA) is 107 Å². The summed E-state index contributed by atoms with van der Waals surface area (Å²) in [4.78, 5) is 40.0. The van der Waals surface area contributed by atoms with E-state index in [-0.39, 0.29) is 18.0 Å². The molecule has 2 aromatic carbocycles. The summed E-state index contributed by atoms with van der Waals surface area (Å²) in [7, 11) is 0. The van der Waals surface area contributed by atoms with E-state index in [1.54, 1.807) is 37.3 Å². The Morgan fingerprint density at radius 3 is 2.48 bits per heavy atom. The van der Waals surface area contributed by atoms with Crippen LogP contribution in [0.4, 0.5) is 5.69 Å². The third-order valence-corrected chi connectivity index (χ3v) is 3.77. The van der Waals surface area contributed by atoms with Gasteiger partial charge in [-0.15, -0.1) is 0 Å². The number of carbonyl (C=O) groups excluding carboxylic acids is 2. The molecule has 2 amide bonds. The van der Waals surface area contributed by atoms with Crippen LogP contribution in [0.2, 0.25) is 0 Å². The second-order valence-electron chi connectivity index (χ2n) is 5.57. The van der Waals surface area contributed by atoms with Gasteiger partial charge in [-0.25, -0.2) is 4.98 Å². The van der Waals surface area contributed by atoms with Gasteiger partial charge in [0, 0.05) is 11.3 Å². The Labute approximate surface area is 143 Å². The fourth-order valence-corrected chi connectivity index (χ4v) is 2.54. The van der Waals surface area contributed by atoms with E-state index in [1.165, 1.54) is 16.7 Å².